The van der Waals surface area contributed by atoms with Gasteiger partial charge in [-0.25, -0.2) is 9.98 Å². The fourth-order valence-corrected chi connectivity index (χ4v) is 3.73. The van der Waals surface area contributed by atoms with Crippen LogP contribution in [0.15, 0.2) is 4.99 Å². The predicted octanol–water partition coefficient (Wildman–Crippen LogP) is 2.07. The molecule has 0 aliphatic carbocycles. The van der Waals surface area contributed by atoms with E-state index in [4.69, 9.17) is 4.99 Å². The monoisotopic (exact) mass is 480 g/mol. The predicted molar refractivity (Wildman–Crippen MR) is 118 cm³/mol. The summed E-state index contributed by atoms with van der Waals surface area (Å²) in [5, 5.41) is 7.91. The smallest absolute Gasteiger partial charge is 0.191 e. The van der Waals surface area contributed by atoms with Gasteiger partial charge in [0.25, 0.3) is 0 Å². The summed E-state index contributed by atoms with van der Waals surface area (Å²) in [5.74, 6) is 0.898. The van der Waals surface area contributed by atoms with Crippen molar-refractivity contribution in [3.05, 3.63) is 15.6 Å². The van der Waals surface area contributed by atoms with Gasteiger partial charge in [0.05, 0.1) is 17.2 Å². The Morgan fingerprint density at radius 3 is 2.68 bits per heavy atom. The van der Waals surface area contributed by atoms with Gasteiger partial charge in [-0.05, 0) is 47.3 Å². The number of nitrogens with one attached hydrogen (secondary N) is 2. The van der Waals surface area contributed by atoms with Gasteiger partial charge < -0.3 is 20.4 Å². The lowest BCUT2D eigenvalue weighted by Crippen LogP contribution is -2.42. The Labute approximate surface area is 173 Å². The second kappa shape index (κ2) is 12.0. The topological polar surface area (TPSA) is 55.8 Å². The summed E-state index contributed by atoms with van der Waals surface area (Å²) in [6, 6.07) is 0. The molecule has 0 radical (unpaired) electrons. The standard InChI is InChI=1S/C17H32N6S.HI/c1-5-18-17(20-13-16-14(2)21-15(3)24-16)19-7-10-23-9-6-8-22(4)11-12-23;/h5-13H2,1-4H3,(H2,18,19,20);1H. The van der Waals surface area contributed by atoms with Crippen LogP contribution in [0.1, 0.15) is 28.9 Å². The summed E-state index contributed by atoms with van der Waals surface area (Å²) < 4.78 is 0. The Morgan fingerprint density at radius 2 is 2.00 bits per heavy atom. The van der Waals surface area contributed by atoms with Crippen LogP contribution in [0.4, 0.5) is 0 Å². The highest BCUT2D eigenvalue weighted by Gasteiger charge is 2.11. The van der Waals surface area contributed by atoms with Crippen LogP contribution in [0.5, 0.6) is 0 Å². The van der Waals surface area contributed by atoms with Crippen LogP contribution in [0.25, 0.3) is 0 Å². The number of aliphatic imine (C=N–C) groups is 1. The first-order valence-corrected chi connectivity index (χ1v) is 9.76. The Bertz CT molecular complexity index is 533. The fourth-order valence-electron chi connectivity index (χ4n) is 2.87. The molecule has 1 saturated heterocycles. The van der Waals surface area contributed by atoms with Crippen LogP contribution in [0, 0.1) is 13.8 Å². The summed E-state index contributed by atoms with van der Waals surface area (Å²) in [4.78, 5) is 15.4. The Balaban J connectivity index is 0.00000312. The molecule has 144 valence electrons. The van der Waals surface area contributed by atoms with E-state index in [2.05, 4.69) is 46.3 Å². The van der Waals surface area contributed by atoms with E-state index in [0.717, 1.165) is 49.4 Å². The van der Waals surface area contributed by atoms with Gasteiger partial charge in [0.2, 0.25) is 0 Å². The van der Waals surface area contributed by atoms with Gasteiger partial charge in [-0.3, -0.25) is 0 Å². The number of guanidine groups is 1. The van der Waals surface area contributed by atoms with Crippen molar-refractivity contribution in [1.82, 2.24) is 25.4 Å². The minimum absolute atomic E-state index is 0. The van der Waals surface area contributed by atoms with Crippen LogP contribution in [-0.2, 0) is 6.54 Å². The van der Waals surface area contributed by atoms with Gasteiger partial charge in [-0.1, -0.05) is 0 Å². The highest BCUT2D eigenvalue weighted by molar-refractivity contribution is 14.0. The zero-order valence-electron chi connectivity index (χ0n) is 16.0. The Hall–Kier alpha value is -0.450. The number of halogens is 1. The van der Waals surface area contributed by atoms with Gasteiger partial charge in [-0.2, -0.15) is 0 Å². The quantitative estimate of drug-likeness (QED) is 0.371. The first-order valence-electron chi connectivity index (χ1n) is 8.94. The third-order valence-electron chi connectivity index (χ3n) is 4.26. The van der Waals surface area contributed by atoms with Crippen LogP contribution in [-0.4, -0.2) is 73.6 Å². The molecule has 1 aromatic heterocycles. The highest BCUT2D eigenvalue weighted by Crippen LogP contribution is 2.17. The van der Waals surface area contributed by atoms with Crippen molar-refractivity contribution >= 4 is 41.3 Å². The Kier molecular flexibility index (Phi) is 10.9. The van der Waals surface area contributed by atoms with E-state index >= 15 is 0 Å². The highest BCUT2D eigenvalue weighted by atomic mass is 127. The molecule has 0 unspecified atom stereocenters. The lowest BCUT2D eigenvalue weighted by Gasteiger charge is -2.21. The number of rotatable bonds is 6. The number of nitrogens with zero attached hydrogens (tertiary/aromatic N) is 4. The summed E-state index contributed by atoms with van der Waals surface area (Å²) >= 11 is 1.74. The van der Waals surface area contributed by atoms with E-state index in [1.807, 2.05) is 6.92 Å². The maximum atomic E-state index is 4.71. The van der Waals surface area contributed by atoms with Crippen molar-refractivity contribution in [2.45, 2.75) is 33.7 Å². The molecule has 2 rings (SSSR count). The lowest BCUT2D eigenvalue weighted by molar-refractivity contribution is 0.280. The second-order valence-electron chi connectivity index (χ2n) is 6.36. The number of aromatic nitrogens is 1. The van der Waals surface area contributed by atoms with Crippen molar-refractivity contribution in [3.63, 3.8) is 0 Å². The van der Waals surface area contributed by atoms with Crippen molar-refractivity contribution in [2.75, 3.05) is 52.9 Å². The van der Waals surface area contributed by atoms with Crippen molar-refractivity contribution in [2.24, 2.45) is 4.99 Å². The molecule has 8 heteroatoms. The maximum absolute atomic E-state index is 4.71. The Morgan fingerprint density at radius 1 is 1.20 bits per heavy atom. The summed E-state index contributed by atoms with van der Waals surface area (Å²) in [5.41, 5.74) is 1.10. The molecular formula is C17H33IN6S. The molecule has 1 fully saturated rings. The van der Waals surface area contributed by atoms with Crippen molar-refractivity contribution in [3.8, 4) is 0 Å². The molecule has 0 amide bonds. The fraction of sp³-hybridized carbons (Fsp3) is 0.765. The second-order valence-corrected chi connectivity index (χ2v) is 7.65. The van der Waals surface area contributed by atoms with Gasteiger partial charge in [-0.15, -0.1) is 35.3 Å². The van der Waals surface area contributed by atoms with E-state index in [-0.39, 0.29) is 24.0 Å². The molecule has 0 bridgehead atoms. The lowest BCUT2D eigenvalue weighted by atomic mass is 10.4. The maximum Gasteiger partial charge on any atom is 0.191 e. The van der Waals surface area contributed by atoms with Crippen molar-refractivity contribution in [1.29, 1.82) is 0 Å². The zero-order valence-corrected chi connectivity index (χ0v) is 19.1. The number of aryl methyl sites for hydroxylation is 2. The molecule has 2 heterocycles. The van der Waals surface area contributed by atoms with E-state index in [9.17, 15) is 0 Å². The average molecular weight is 480 g/mol. The third-order valence-corrected chi connectivity index (χ3v) is 5.31. The molecule has 0 aromatic carbocycles. The van der Waals surface area contributed by atoms with Crippen LogP contribution in [0.2, 0.25) is 0 Å². The van der Waals surface area contributed by atoms with E-state index in [0.29, 0.717) is 6.54 Å². The third kappa shape index (κ3) is 8.19. The molecule has 1 aliphatic rings. The normalized spacial score (nSPS) is 17.0. The molecule has 0 spiro atoms. The van der Waals surface area contributed by atoms with Gasteiger partial charge in [0.1, 0.15) is 0 Å². The largest absolute Gasteiger partial charge is 0.357 e. The van der Waals surface area contributed by atoms with E-state index < -0.39 is 0 Å². The molecule has 1 aliphatic heterocycles. The van der Waals surface area contributed by atoms with E-state index in [1.54, 1.807) is 11.3 Å². The molecule has 0 saturated carbocycles. The average Bonchev–Trinajstić information content (AvgIpc) is 2.73. The van der Waals surface area contributed by atoms with Gasteiger partial charge in [0, 0.05) is 37.6 Å². The minimum Gasteiger partial charge on any atom is -0.357 e. The zero-order chi connectivity index (χ0) is 17.4. The minimum atomic E-state index is 0. The first kappa shape index (κ1) is 22.6. The number of likely N-dealkylation sites (N-methyl/N-ethyl adjacent to an activating group) is 1. The van der Waals surface area contributed by atoms with Crippen molar-refractivity contribution < 1.29 is 0 Å². The first-order chi connectivity index (χ1) is 11.6. The molecule has 0 atom stereocenters. The van der Waals surface area contributed by atoms with E-state index in [1.165, 1.54) is 24.4 Å². The molecule has 2 N–H and O–H groups in total. The SMILES string of the molecule is CCNC(=NCc1sc(C)nc1C)NCCN1CCCN(C)CC1.I. The molecule has 6 nitrogen and oxygen atoms in total. The number of hydrogen-bond acceptors (Lipinski definition) is 5. The van der Waals surface area contributed by atoms with Gasteiger partial charge >= 0.3 is 0 Å². The number of thiazole rings is 1. The number of hydrogen-bond donors (Lipinski definition) is 2. The molecule has 25 heavy (non-hydrogen) atoms. The molecular weight excluding hydrogens is 447 g/mol. The summed E-state index contributed by atoms with van der Waals surface area (Å²) in [6.45, 7) is 14.5. The van der Waals surface area contributed by atoms with Gasteiger partial charge in [0.15, 0.2) is 5.96 Å². The summed E-state index contributed by atoms with van der Waals surface area (Å²) in [7, 11) is 2.21. The summed E-state index contributed by atoms with van der Waals surface area (Å²) in [6.07, 6.45) is 1.26. The van der Waals surface area contributed by atoms with Crippen LogP contribution >= 0.6 is 35.3 Å². The molecule has 1 aromatic rings. The van der Waals surface area contributed by atoms with Crippen LogP contribution < -0.4 is 10.6 Å². The van der Waals surface area contributed by atoms with Crippen LogP contribution in [0.3, 0.4) is 0 Å².